The molecule has 0 bridgehead atoms. The van der Waals surface area contributed by atoms with Crippen molar-refractivity contribution in [2.75, 3.05) is 0 Å². The van der Waals surface area contributed by atoms with E-state index in [0.29, 0.717) is 0 Å². The molecular formula is C47H47O9P. The molecule has 0 amide bonds. The maximum atomic E-state index is 14.1. The predicted octanol–water partition coefficient (Wildman–Crippen LogP) is 9.49. The molecule has 1 N–H and O–H groups in total. The third-order valence-electron chi connectivity index (χ3n) is 9.59. The summed E-state index contributed by atoms with van der Waals surface area (Å²) in [7, 11) is -4.85. The van der Waals surface area contributed by atoms with Gasteiger partial charge < -0.3 is 28.2 Å². The van der Waals surface area contributed by atoms with Crippen LogP contribution in [0.2, 0.25) is 0 Å². The summed E-state index contributed by atoms with van der Waals surface area (Å²) in [6.45, 7) is 0.871. The monoisotopic (exact) mass is 786 g/mol. The van der Waals surface area contributed by atoms with Crippen LogP contribution in [0.3, 0.4) is 0 Å². The smallest absolute Gasteiger partial charge is 0.404 e. The van der Waals surface area contributed by atoms with Crippen LogP contribution < -0.4 is 4.52 Å². The third-order valence-corrected chi connectivity index (χ3v) is 10.5. The summed E-state index contributed by atoms with van der Waals surface area (Å²) in [6.07, 6.45) is -5.89. The second kappa shape index (κ2) is 20.5. The van der Waals surface area contributed by atoms with E-state index in [1.54, 1.807) is 30.3 Å². The zero-order chi connectivity index (χ0) is 39.1. The first kappa shape index (κ1) is 40.3. The van der Waals surface area contributed by atoms with Crippen molar-refractivity contribution in [1.29, 1.82) is 0 Å². The predicted molar refractivity (Wildman–Crippen MR) is 217 cm³/mol. The Hall–Kier alpha value is -4.93. The molecule has 1 fully saturated rings. The lowest BCUT2D eigenvalue weighted by molar-refractivity contribution is -0.280. The molecule has 0 aromatic heterocycles. The molecule has 0 saturated heterocycles. The van der Waals surface area contributed by atoms with E-state index >= 15 is 0 Å². The van der Waals surface area contributed by atoms with Gasteiger partial charge in [0.1, 0.15) is 42.4 Å². The molecule has 9 nitrogen and oxygen atoms in total. The Morgan fingerprint density at radius 3 is 0.842 bits per heavy atom. The lowest BCUT2D eigenvalue weighted by atomic mass is 9.83. The molecule has 0 spiro atoms. The Kier molecular flexibility index (Phi) is 14.5. The highest BCUT2D eigenvalue weighted by molar-refractivity contribution is 7.47. The lowest BCUT2D eigenvalue weighted by Gasteiger charge is -2.49. The highest BCUT2D eigenvalue weighted by atomic mass is 31.2. The SMILES string of the molecule is O=P(O)(Oc1ccccc1)OC1[C@@H](OCc2ccccc2)[C@H](OCc2ccccc2)C(OCc2ccccc2)[C@H](OCc2ccccc2)[C@@H]1OCc1ccccc1. The van der Waals surface area contributed by atoms with Crippen molar-refractivity contribution in [2.45, 2.75) is 69.7 Å². The number of hydrogen-bond donors (Lipinski definition) is 1. The Labute approximate surface area is 334 Å². The molecule has 3 unspecified atom stereocenters. The summed E-state index contributed by atoms with van der Waals surface area (Å²) >= 11 is 0. The number of hydrogen-bond acceptors (Lipinski definition) is 8. The summed E-state index contributed by atoms with van der Waals surface area (Å²) < 4.78 is 60.3. The highest BCUT2D eigenvalue weighted by Gasteiger charge is 2.57. The van der Waals surface area contributed by atoms with E-state index in [2.05, 4.69) is 0 Å². The van der Waals surface area contributed by atoms with Gasteiger partial charge >= 0.3 is 7.82 Å². The Bertz CT molecular complexity index is 1980. The number of rotatable bonds is 19. The third kappa shape index (κ3) is 11.8. The number of ether oxygens (including phenoxy) is 5. The second-order valence-electron chi connectivity index (χ2n) is 13.7. The van der Waals surface area contributed by atoms with E-state index in [9.17, 15) is 9.46 Å². The standard InChI is InChI=1S/C47H47O9P/c48-57(49,55-41-29-17-6-18-30-41)56-47-45(53-34-39-25-13-4-14-26-39)43(51-32-37-21-9-2-10-22-37)42(50-31-36-19-7-1-8-20-36)44(52-33-38-23-11-3-12-24-38)46(47)54-35-40-27-15-5-16-28-40/h1-30,42-47H,31-35H2,(H,48,49)/t42?,43-,44+,45-,46-,47?/m0/s1. The molecule has 57 heavy (non-hydrogen) atoms. The van der Waals surface area contributed by atoms with Crippen LogP contribution in [0, 0.1) is 0 Å². The van der Waals surface area contributed by atoms with Crippen molar-refractivity contribution in [3.05, 3.63) is 210 Å². The number of para-hydroxylation sites is 1. The van der Waals surface area contributed by atoms with E-state index in [0.717, 1.165) is 27.8 Å². The van der Waals surface area contributed by atoms with Crippen LogP contribution in [-0.4, -0.2) is 41.5 Å². The van der Waals surface area contributed by atoms with Crippen molar-refractivity contribution in [1.82, 2.24) is 0 Å². The van der Waals surface area contributed by atoms with Crippen molar-refractivity contribution in [3.63, 3.8) is 0 Å². The second-order valence-corrected chi connectivity index (χ2v) is 15.1. The quantitative estimate of drug-likeness (QED) is 0.0805. The van der Waals surface area contributed by atoms with Gasteiger partial charge in [-0.05, 0) is 39.9 Å². The first-order valence-corrected chi connectivity index (χ1v) is 20.5. The van der Waals surface area contributed by atoms with Crippen LogP contribution in [0.15, 0.2) is 182 Å². The molecule has 0 radical (unpaired) electrons. The maximum Gasteiger partial charge on any atom is 0.527 e. The average Bonchev–Trinajstić information content (AvgIpc) is 3.25. The van der Waals surface area contributed by atoms with E-state index in [1.807, 2.05) is 152 Å². The van der Waals surface area contributed by atoms with Gasteiger partial charge in [0, 0.05) is 0 Å². The summed E-state index contributed by atoms with van der Waals surface area (Å²) in [5.41, 5.74) is 4.55. The largest absolute Gasteiger partial charge is 0.527 e. The summed E-state index contributed by atoms with van der Waals surface area (Å²) in [5, 5.41) is 0. The number of phosphoric ester groups is 1. The molecule has 1 aliphatic carbocycles. The van der Waals surface area contributed by atoms with Gasteiger partial charge in [-0.1, -0.05) is 170 Å². The van der Waals surface area contributed by atoms with Crippen LogP contribution in [0.4, 0.5) is 0 Å². The van der Waals surface area contributed by atoms with Gasteiger partial charge in [0.15, 0.2) is 0 Å². The molecule has 7 atom stereocenters. The molecule has 1 saturated carbocycles. The first-order chi connectivity index (χ1) is 28.0. The van der Waals surface area contributed by atoms with Crippen LogP contribution >= 0.6 is 7.82 Å². The summed E-state index contributed by atoms with van der Waals surface area (Å²) in [6, 6.07) is 57.2. The van der Waals surface area contributed by atoms with Gasteiger partial charge in [-0.25, -0.2) is 4.57 Å². The fourth-order valence-corrected chi connectivity index (χ4v) is 7.79. The topological polar surface area (TPSA) is 102 Å². The molecule has 1 aliphatic rings. The molecule has 6 aromatic carbocycles. The number of phosphoric acid groups is 1. The van der Waals surface area contributed by atoms with Gasteiger partial charge in [-0.15, -0.1) is 0 Å². The molecule has 7 rings (SSSR count). The Balaban J connectivity index is 1.33. The van der Waals surface area contributed by atoms with Gasteiger partial charge in [0.2, 0.25) is 0 Å². The van der Waals surface area contributed by atoms with Crippen LogP contribution in [0.25, 0.3) is 0 Å². The van der Waals surface area contributed by atoms with E-state index in [1.165, 1.54) is 0 Å². The van der Waals surface area contributed by atoms with Crippen LogP contribution in [0.5, 0.6) is 5.75 Å². The van der Waals surface area contributed by atoms with Crippen molar-refractivity contribution < 1.29 is 42.2 Å². The lowest BCUT2D eigenvalue weighted by Crippen LogP contribution is -2.67. The molecule has 0 heterocycles. The summed E-state index contributed by atoms with van der Waals surface area (Å²) in [4.78, 5) is 11.5. The van der Waals surface area contributed by atoms with Gasteiger partial charge in [0.05, 0.1) is 33.0 Å². The minimum absolute atomic E-state index is 0.137. The molecular weight excluding hydrogens is 739 g/mol. The summed E-state index contributed by atoms with van der Waals surface area (Å²) in [5.74, 6) is 0.167. The Morgan fingerprint density at radius 1 is 0.351 bits per heavy atom. The molecule has 6 aromatic rings. The van der Waals surface area contributed by atoms with Crippen LogP contribution in [0.1, 0.15) is 27.8 Å². The van der Waals surface area contributed by atoms with Gasteiger partial charge in [-0.3, -0.25) is 9.42 Å². The molecule has 0 aliphatic heterocycles. The van der Waals surface area contributed by atoms with Crippen molar-refractivity contribution in [2.24, 2.45) is 0 Å². The first-order valence-electron chi connectivity index (χ1n) is 19.0. The van der Waals surface area contributed by atoms with Crippen molar-refractivity contribution >= 4 is 7.82 Å². The Morgan fingerprint density at radius 2 is 0.579 bits per heavy atom. The maximum absolute atomic E-state index is 14.1. The van der Waals surface area contributed by atoms with Crippen LogP contribution in [-0.2, 0) is 65.8 Å². The van der Waals surface area contributed by atoms with Crippen molar-refractivity contribution in [3.8, 4) is 5.75 Å². The number of benzene rings is 6. The average molecular weight is 787 g/mol. The zero-order valence-corrected chi connectivity index (χ0v) is 32.4. The zero-order valence-electron chi connectivity index (χ0n) is 31.5. The van der Waals surface area contributed by atoms with Gasteiger partial charge in [-0.2, -0.15) is 0 Å². The van der Waals surface area contributed by atoms with Gasteiger partial charge in [0.25, 0.3) is 0 Å². The van der Waals surface area contributed by atoms with E-state index < -0.39 is 44.4 Å². The minimum Gasteiger partial charge on any atom is -0.404 e. The van der Waals surface area contributed by atoms with E-state index in [4.69, 9.17) is 32.7 Å². The van der Waals surface area contributed by atoms with E-state index in [-0.39, 0.29) is 38.8 Å². The normalized spacial score (nSPS) is 21.7. The molecule has 10 heteroatoms. The fraction of sp³-hybridized carbons (Fsp3) is 0.234. The minimum atomic E-state index is -4.85. The fourth-order valence-electron chi connectivity index (χ4n) is 6.81. The highest BCUT2D eigenvalue weighted by Crippen LogP contribution is 2.49. The molecule has 294 valence electrons.